The number of aromatic amines is 1. The molecule has 3 aromatic rings. The van der Waals surface area contributed by atoms with Crippen LogP contribution in [0.4, 0.5) is 5.69 Å². The monoisotopic (exact) mass is 315 g/mol. The molecule has 1 N–H and O–H groups in total. The number of non-ortho nitro benzene ring substituents is 1. The van der Waals surface area contributed by atoms with Gasteiger partial charge in [-0.25, -0.2) is 9.97 Å². The number of ketones is 1. The lowest BCUT2D eigenvalue weighted by atomic mass is 10.1. The first-order chi connectivity index (χ1) is 10.6. The smallest absolute Gasteiger partial charge is 0.270 e. The van der Waals surface area contributed by atoms with Crippen LogP contribution in [0.15, 0.2) is 41.8 Å². The lowest BCUT2D eigenvalue weighted by Crippen LogP contribution is -2.03. The SMILES string of the molecule is O=C(CSc1ncnc2[nH]ncc12)c1cccc([N+](=O)[O-])c1. The topological polar surface area (TPSA) is 115 Å². The Bertz CT molecular complexity index is 864. The second-order valence-corrected chi connectivity index (χ2v) is 5.29. The van der Waals surface area contributed by atoms with Crippen molar-refractivity contribution in [2.24, 2.45) is 0 Å². The minimum atomic E-state index is -0.524. The number of aromatic nitrogens is 4. The molecule has 2 aromatic heterocycles. The molecule has 0 aliphatic carbocycles. The van der Waals surface area contributed by atoms with Gasteiger partial charge in [-0.2, -0.15) is 5.10 Å². The summed E-state index contributed by atoms with van der Waals surface area (Å²) in [6, 6.07) is 5.68. The number of nitro groups is 1. The third-order valence-electron chi connectivity index (χ3n) is 2.93. The van der Waals surface area contributed by atoms with Gasteiger partial charge in [-0.1, -0.05) is 23.9 Å². The standard InChI is InChI=1S/C13H9N5O3S/c19-11(8-2-1-3-9(4-8)18(20)21)6-22-13-10-5-16-17-12(10)14-7-15-13/h1-5,7H,6H2,(H,14,15,16,17). The molecule has 3 rings (SSSR count). The van der Waals surface area contributed by atoms with Gasteiger partial charge in [0.2, 0.25) is 0 Å². The van der Waals surface area contributed by atoms with E-state index in [1.165, 1.54) is 36.3 Å². The molecular weight excluding hydrogens is 306 g/mol. The van der Waals surface area contributed by atoms with Crippen LogP contribution in [0, 0.1) is 10.1 Å². The van der Waals surface area contributed by atoms with Gasteiger partial charge in [-0.15, -0.1) is 0 Å². The first-order valence-corrected chi connectivity index (χ1v) is 7.18. The second kappa shape index (κ2) is 5.90. The van der Waals surface area contributed by atoms with E-state index in [1.807, 2.05) is 0 Å². The zero-order valence-corrected chi connectivity index (χ0v) is 11.9. The highest BCUT2D eigenvalue weighted by Crippen LogP contribution is 2.24. The highest BCUT2D eigenvalue weighted by Gasteiger charge is 2.13. The molecule has 110 valence electrons. The summed E-state index contributed by atoms with van der Waals surface area (Å²) in [6.07, 6.45) is 2.98. The average molecular weight is 315 g/mol. The van der Waals surface area contributed by atoms with Gasteiger partial charge >= 0.3 is 0 Å². The maximum Gasteiger partial charge on any atom is 0.270 e. The molecule has 0 radical (unpaired) electrons. The van der Waals surface area contributed by atoms with E-state index < -0.39 is 4.92 Å². The number of nitrogens with zero attached hydrogens (tertiary/aromatic N) is 4. The maximum atomic E-state index is 12.2. The van der Waals surface area contributed by atoms with Crippen LogP contribution in [-0.2, 0) is 0 Å². The number of nitro benzene ring substituents is 1. The predicted molar refractivity (Wildman–Crippen MR) is 79.8 cm³/mol. The molecule has 22 heavy (non-hydrogen) atoms. The molecule has 0 saturated heterocycles. The van der Waals surface area contributed by atoms with E-state index in [9.17, 15) is 14.9 Å². The normalized spacial score (nSPS) is 10.7. The molecule has 8 nitrogen and oxygen atoms in total. The molecule has 0 amide bonds. The number of carbonyl (C=O) groups excluding carboxylic acids is 1. The fourth-order valence-electron chi connectivity index (χ4n) is 1.87. The van der Waals surface area contributed by atoms with E-state index in [0.717, 1.165) is 5.39 Å². The molecule has 9 heteroatoms. The van der Waals surface area contributed by atoms with Crippen LogP contribution in [0.3, 0.4) is 0 Å². The molecule has 0 aliphatic rings. The predicted octanol–water partition coefficient (Wildman–Crippen LogP) is 2.24. The number of hydrogen-bond acceptors (Lipinski definition) is 7. The van der Waals surface area contributed by atoms with Crippen LogP contribution >= 0.6 is 11.8 Å². The summed E-state index contributed by atoms with van der Waals surface area (Å²) in [5.74, 6) is -0.0812. The summed E-state index contributed by atoms with van der Waals surface area (Å²) in [7, 11) is 0. The van der Waals surface area contributed by atoms with Crippen LogP contribution in [0.5, 0.6) is 0 Å². The molecular formula is C13H9N5O3S. The van der Waals surface area contributed by atoms with Gasteiger partial charge in [0.05, 0.1) is 22.3 Å². The molecule has 0 aliphatic heterocycles. The van der Waals surface area contributed by atoms with Crippen molar-refractivity contribution in [2.75, 3.05) is 5.75 Å². The minimum Gasteiger partial charge on any atom is -0.293 e. The van der Waals surface area contributed by atoms with Crippen LogP contribution in [-0.4, -0.2) is 36.6 Å². The third-order valence-corrected chi connectivity index (χ3v) is 3.94. The van der Waals surface area contributed by atoms with E-state index in [-0.39, 0.29) is 17.2 Å². The number of hydrogen-bond donors (Lipinski definition) is 1. The van der Waals surface area contributed by atoms with E-state index in [1.54, 1.807) is 12.3 Å². The fraction of sp³-hybridized carbons (Fsp3) is 0.0769. The second-order valence-electron chi connectivity index (χ2n) is 4.33. The summed E-state index contributed by atoms with van der Waals surface area (Å²) < 4.78 is 0. The molecule has 0 atom stereocenters. The summed E-state index contributed by atoms with van der Waals surface area (Å²) in [6.45, 7) is 0. The van der Waals surface area contributed by atoms with E-state index in [0.29, 0.717) is 16.2 Å². The Kier molecular flexibility index (Phi) is 3.79. The van der Waals surface area contributed by atoms with Gasteiger partial charge in [-0.3, -0.25) is 20.0 Å². The van der Waals surface area contributed by atoms with E-state index in [4.69, 9.17) is 0 Å². The zero-order valence-electron chi connectivity index (χ0n) is 11.1. The Labute approximate surface area is 128 Å². The number of Topliss-reactive ketones (excluding diaryl/α,β-unsaturated/α-hetero) is 1. The van der Waals surface area contributed by atoms with Crippen molar-refractivity contribution in [1.82, 2.24) is 20.2 Å². The maximum absolute atomic E-state index is 12.2. The molecule has 0 unspecified atom stereocenters. The third kappa shape index (κ3) is 2.79. The van der Waals surface area contributed by atoms with Crippen molar-refractivity contribution in [2.45, 2.75) is 5.03 Å². The summed E-state index contributed by atoms with van der Waals surface area (Å²) in [4.78, 5) is 30.5. The Balaban J connectivity index is 1.76. The summed E-state index contributed by atoms with van der Waals surface area (Å²) in [5, 5.41) is 18.7. The molecule has 0 bridgehead atoms. The fourth-order valence-corrected chi connectivity index (χ4v) is 2.73. The quantitative estimate of drug-likeness (QED) is 0.252. The highest BCUT2D eigenvalue weighted by molar-refractivity contribution is 8.00. The molecule has 2 heterocycles. The van der Waals surface area contributed by atoms with Crippen LogP contribution < -0.4 is 0 Å². The Morgan fingerprint density at radius 1 is 1.36 bits per heavy atom. The highest BCUT2D eigenvalue weighted by atomic mass is 32.2. The van der Waals surface area contributed by atoms with Crippen molar-refractivity contribution in [3.8, 4) is 0 Å². The molecule has 1 aromatic carbocycles. The molecule has 0 saturated carbocycles. The van der Waals surface area contributed by atoms with Crippen molar-refractivity contribution >= 4 is 34.3 Å². The molecule has 0 spiro atoms. The zero-order chi connectivity index (χ0) is 15.5. The lowest BCUT2D eigenvalue weighted by Gasteiger charge is -2.02. The number of H-pyrrole nitrogens is 1. The number of benzene rings is 1. The molecule has 0 fully saturated rings. The van der Waals surface area contributed by atoms with Crippen molar-refractivity contribution < 1.29 is 9.72 Å². The van der Waals surface area contributed by atoms with Crippen LogP contribution in [0.25, 0.3) is 11.0 Å². The summed E-state index contributed by atoms with van der Waals surface area (Å²) >= 11 is 1.24. The number of nitrogens with one attached hydrogen (secondary N) is 1. The van der Waals surface area contributed by atoms with Crippen molar-refractivity contribution in [3.63, 3.8) is 0 Å². The number of carbonyl (C=O) groups is 1. The lowest BCUT2D eigenvalue weighted by molar-refractivity contribution is -0.384. The first kappa shape index (κ1) is 14.1. The number of rotatable bonds is 5. The first-order valence-electron chi connectivity index (χ1n) is 6.19. The van der Waals surface area contributed by atoms with Crippen LogP contribution in [0.2, 0.25) is 0 Å². The van der Waals surface area contributed by atoms with Crippen LogP contribution in [0.1, 0.15) is 10.4 Å². The summed E-state index contributed by atoms with van der Waals surface area (Å²) in [5.41, 5.74) is 0.801. The van der Waals surface area contributed by atoms with Gasteiger partial charge in [0.15, 0.2) is 11.4 Å². The average Bonchev–Trinajstić information content (AvgIpc) is 3.01. The van der Waals surface area contributed by atoms with Crippen molar-refractivity contribution in [3.05, 3.63) is 52.5 Å². The Hall–Kier alpha value is -2.81. The Morgan fingerprint density at radius 3 is 3.05 bits per heavy atom. The van der Waals surface area contributed by atoms with Gasteiger partial charge in [0.1, 0.15) is 11.4 Å². The van der Waals surface area contributed by atoms with Crippen molar-refractivity contribution in [1.29, 1.82) is 0 Å². The van der Waals surface area contributed by atoms with E-state index >= 15 is 0 Å². The minimum absolute atomic E-state index is 0.102. The van der Waals surface area contributed by atoms with Gasteiger partial charge in [0, 0.05) is 17.7 Å². The largest absolute Gasteiger partial charge is 0.293 e. The number of thioether (sulfide) groups is 1. The van der Waals surface area contributed by atoms with Gasteiger partial charge in [-0.05, 0) is 0 Å². The van der Waals surface area contributed by atoms with Gasteiger partial charge in [0.25, 0.3) is 5.69 Å². The van der Waals surface area contributed by atoms with E-state index in [2.05, 4.69) is 20.2 Å². The Morgan fingerprint density at radius 2 is 2.23 bits per heavy atom. The van der Waals surface area contributed by atoms with Gasteiger partial charge < -0.3 is 0 Å². The number of fused-ring (bicyclic) bond motifs is 1.